The van der Waals surface area contributed by atoms with E-state index in [1.165, 1.54) is 0 Å². The number of pyridine rings is 2. The fourth-order valence-electron chi connectivity index (χ4n) is 4.20. The van der Waals surface area contributed by atoms with Crippen LogP contribution in [0.15, 0.2) is 91.5 Å². The molecule has 160 valence electrons. The van der Waals surface area contributed by atoms with Gasteiger partial charge in [-0.05, 0) is 72.4 Å². The van der Waals surface area contributed by atoms with E-state index < -0.39 is 0 Å². The molecule has 1 N–H and O–H groups in total. The van der Waals surface area contributed by atoms with Crippen molar-refractivity contribution >= 4 is 17.3 Å². The van der Waals surface area contributed by atoms with E-state index in [1.807, 2.05) is 48.8 Å². The lowest BCUT2D eigenvalue weighted by Gasteiger charge is -2.29. The number of nitrogens with zero attached hydrogens (tertiary/aromatic N) is 4. The Hall–Kier alpha value is -3.71. The van der Waals surface area contributed by atoms with E-state index in [4.69, 9.17) is 17.0 Å². The molecule has 1 fully saturated rings. The van der Waals surface area contributed by atoms with Gasteiger partial charge in [0, 0.05) is 42.7 Å². The van der Waals surface area contributed by atoms with E-state index in [0.29, 0.717) is 11.7 Å². The lowest BCUT2D eigenvalue weighted by atomic mass is 10.0. The van der Waals surface area contributed by atoms with Crippen LogP contribution in [0.25, 0.3) is 5.69 Å². The van der Waals surface area contributed by atoms with Crippen LogP contribution < -0.4 is 10.1 Å². The summed E-state index contributed by atoms with van der Waals surface area (Å²) in [6.45, 7) is 0.654. The third-order valence-corrected chi connectivity index (χ3v) is 6.06. The van der Waals surface area contributed by atoms with Crippen molar-refractivity contribution in [3.05, 3.63) is 108 Å². The molecule has 3 aromatic heterocycles. The molecule has 0 spiro atoms. The van der Waals surface area contributed by atoms with E-state index in [2.05, 4.69) is 61.3 Å². The Balaban J connectivity index is 1.58. The average molecular weight is 442 g/mol. The predicted molar refractivity (Wildman–Crippen MR) is 128 cm³/mol. The maximum Gasteiger partial charge on any atom is 0.170 e. The summed E-state index contributed by atoms with van der Waals surface area (Å²) in [7, 11) is 1.68. The molecule has 0 saturated carbocycles. The number of nitrogens with one attached hydrogen (secondary N) is 1. The summed E-state index contributed by atoms with van der Waals surface area (Å²) in [4.78, 5) is 11.1. The lowest BCUT2D eigenvalue weighted by Crippen LogP contribution is -2.30. The van der Waals surface area contributed by atoms with E-state index >= 15 is 0 Å². The molecule has 1 aromatic carbocycles. The molecular formula is C25H23N5OS. The van der Waals surface area contributed by atoms with E-state index in [0.717, 1.165) is 28.4 Å². The monoisotopic (exact) mass is 441 g/mol. The number of ether oxygens (including phenoxy) is 1. The molecular weight excluding hydrogens is 418 g/mol. The fraction of sp³-hybridized carbons (Fsp3) is 0.160. The highest BCUT2D eigenvalue weighted by Gasteiger charge is 2.41. The first-order chi connectivity index (χ1) is 15.7. The van der Waals surface area contributed by atoms with Crippen LogP contribution in [-0.2, 0) is 6.54 Å². The summed E-state index contributed by atoms with van der Waals surface area (Å²) in [6, 6.07) is 22.2. The maximum atomic E-state index is 5.80. The van der Waals surface area contributed by atoms with Crippen molar-refractivity contribution in [2.24, 2.45) is 0 Å². The van der Waals surface area contributed by atoms with Crippen LogP contribution in [0.1, 0.15) is 29.0 Å². The molecule has 7 heteroatoms. The molecule has 0 amide bonds. The molecule has 0 aliphatic carbocycles. The number of thiocarbonyl (C=S) groups is 1. The first-order valence-electron chi connectivity index (χ1n) is 10.4. The van der Waals surface area contributed by atoms with Gasteiger partial charge in [0.15, 0.2) is 5.11 Å². The van der Waals surface area contributed by atoms with Gasteiger partial charge in [-0.25, -0.2) is 0 Å². The zero-order valence-corrected chi connectivity index (χ0v) is 18.4. The number of benzene rings is 1. The van der Waals surface area contributed by atoms with Gasteiger partial charge in [0.05, 0.1) is 24.9 Å². The molecule has 2 atom stereocenters. The largest absolute Gasteiger partial charge is 0.497 e. The molecule has 1 aliphatic rings. The summed E-state index contributed by atoms with van der Waals surface area (Å²) in [6.07, 6.45) is 7.57. The van der Waals surface area contributed by atoms with Gasteiger partial charge in [0.1, 0.15) is 5.75 Å². The zero-order valence-electron chi connectivity index (χ0n) is 17.6. The third kappa shape index (κ3) is 3.83. The molecule has 0 bridgehead atoms. The molecule has 5 rings (SSSR count). The predicted octanol–water partition coefficient (Wildman–Crippen LogP) is 4.45. The molecule has 1 aliphatic heterocycles. The quantitative estimate of drug-likeness (QED) is 0.446. The summed E-state index contributed by atoms with van der Waals surface area (Å²) in [5, 5.41) is 4.22. The SMILES string of the molecule is COc1ccc(-n2cccc2[C@@H]2[C@@H](c3ccccn3)NC(=S)N2Cc2cccnc2)cc1. The van der Waals surface area contributed by atoms with E-state index in [1.54, 1.807) is 13.3 Å². The normalized spacial score (nSPS) is 17.9. The van der Waals surface area contributed by atoms with E-state index in [-0.39, 0.29) is 12.1 Å². The number of hydrogen-bond donors (Lipinski definition) is 1. The van der Waals surface area contributed by atoms with Crippen molar-refractivity contribution in [2.75, 3.05) is 7.11 Å². The Morgan fingerprint density at radius 2 is 1.88 bits per heavy atom. The minimum absolute atomic E-state index is 0.0466. The number of aromatic nitrogens is 3. The van der Waals surface area contributed by atoms with Crippen LogP contribution in [0.2, 0.25) is 0 Å². The topological polar surface area (TPSA) is 55.2 Å². The van der Waals surface area contributed by atoms with Crippen molar-refractivity contribution in [1.29, 1.82) is 0 Å². The Morgan fingerprint density at radius 1 is 1.00 bits per heavy atom. The lowest BCUT2D eigenvalue weighted by molar-refractivity contribution is 0.302. The summed E-state index contributed by atoms with van der Waals surface area (Å²) >= 11 is 5.80. The minimum Gasteiger partial charge on any atom is -0.497 e. The highest BCUT2D eigenvalue weighted by atomic mass is 32.1. The van der Waals surface area contributed by atoms with Gasteiger partial charge in [0.25, 0.3) is 0 Å². The second kappa shape index (κ2) is 8.80. The van der Waals surface area contributed by atoms with Crippen LogP contribution in [0.5, 0.6) is 5.75 Å². The van der Waals surface area contributed by atoms with Gasteiger partial charge in [0.2, 0.25) is 0 Å². The van der Waals surface area contributed by atoms with E-state index in [9.17, 15) is 0 Å². The second-order valence-corrected chi connectivity index (χ2v) is 8.00. The fourth-order valence-corrected chi connectivity index (χ4v) is 4.50. The highest BCUT2D eigenvalue weighted by Crippen LogP contribution is 2.40. The summed E-state index contributed by atoms with van der Waals surface area (Å²) < 4.78 is 7.53. The van der Waals surface area contributed by atoms with Gasteiger partial charge in [-0.15, -0.1) is 0 Å². The Labute approximate surface area is 192 Å². The molecule has 32 heavy (non-hydrogen) atoms. The summed E-state index contributed by atoms with van der Waals surface area (Å²) in [5.74, 6) is 0.829. The molecule has 0 unspecified atom stereocenters. The Bertz CT molecular complexity index is 1190. The maximum absolute atomic E-state index is 5.80. The average Bonchev–Trinajstić information content (AvgIpc) is 3.45. The first kappa shape index (κ1) is 20.2. The first-order valence-corrected chi connectivity index (χ1v) is 10.8. The summed E-state index contributed by atoms with van der Waals surface area (Å²) in [5.41, 5.74) is 4.24. The minimum atomic E-state index is -0.0766. The number of hydrogen-bond acceptors (Lipinski definition) is 4. The van der Waals surface area contributed by atoms with Gasteiger partial charge < -0.3 is 19.5 Å². The molecule has 0 radical (unpaired) electrons. The van der Waals surface area contributed by atoms with Crippen molar-refractivity contribution in [1.82, 2.24) is 24.8 Å². The Kier molecular flexibility index (Phi) is 5.56. The van der Waals surface area contributed by atoms with Crippen LogP contribution in [0.3, 0.4) is 0 Å². The highest BCUT2D eigenvalue weighted by molar-refractivity contribution is 7.80. The van der Waals surface area contributed by atoms with Crippen molar-refractivity contribution < 1.29 is 4.74 Å². The van der Waals surface area contributed by atoms with Crippen molar-refractivity contribution in [3.8, 4) is 11.4 Å². The van der Waals surface area contributed by atoms with Crippen LogP contribution in [-0.4, -0.2) is 31.7 Å². The van der Waals surface area contributed by atoms with Gasteiger partial charge in [-0.2, -0.15) is 0 Å². The zero-order chi connectivity index (χ0) is 21.9. The van der Waals surface area contributed by atoms with Crippen LogP contribution >= 0.6 is 12.2 Å². The standard InChI is InChI=1S/C25H23N5OS/c1-31-20-11-9-19(10-12-20)29-15-5-8-22(29)24-23(21-7-2-3-14-27-21)28-25(32)30(24)17-18-6-4-13-26-16-18/h2-16,23-24H,17H2,1H3,(H,28,32)/t23-,24-/m1/s1. The van der Waals surface area contributed by atoms with Gasteiger partial charge in [-0.3, -0.25) is 9.97 Å². The molecule has 4 aromatic rings. The van der Waals surface area contributed by atoms with Crippen molar-refractivity contribution in [3.63, 3.8) is 0 Å². The smallest absolute Gasteiger partial charge is 0.170 e. The third-order valence-electron chi connectivity index (χ3n) is 5.71. The Morgan fingerprint density at radius 3 is 2.59 bits per heavy atom. The van der Waals surface area contributed by atoms with Crippen molar-refractivity contribution in [2.45, 2.75) is 18.6 Å². The molecule has 1 saturated heterocycles. The van der Waals surface area contributed by atoms with Crippen LogP contribution in [0.4, 0.5) is 0 Å². The second-order valence-electron chi connectivity index (χ2n) is 7.62. The van der Waals surface area contributed by atoms with Crippen LogP contribution in [0, 0.1) is 0 Å². The van der Waals surface area contributed by atoms with Gasteiger partial charge in [-0.1, -0.05) is 12.1 Å². The number of rotatable bonds is 6. The van der Waals surface area contributed by atoms with Gasteiger partial charge >= 0.3 is 0 Å². The molecule has 6 nitrogen and oxygen atoms in total. The molecule has 4 heterocycles. The number of methoxy groups -OCH3 is 1.